The lowest BCUT2D eigenvalue weighted by molar-refractivity contribution is 0.302. The molecule has 0 saturated heterocycles. The van der Waals surface area contributed by atoms with Gasteiger partial charge in [-0.15, -0.1) is 11.3 Å². The summed E-state index contributed by atoms with van der Waals surface area (Å²) < 4.78 is 26.9. The molecule has 0 aliphatic heterocycles. The number of nitrogens with zero attached hydrogens (tertiary/aromatic N) is 2. The summed E-state index contributed by atoms with van der Waals surface area (Å²) >= 11 is 1.70. The summed E-state index contributed by atoms with van der Waals surface area (Å²) in [6.45, 7) is 0.813. The van der Waals surface area contributed by atoms with Gasteiger partial charge in [-0.3, -0.25) is 4.99 Å². The summed E-state index contributed by atoms with van der Waals surface area (Å²) in [5.74, 6) is -0.354. The van der Waals surface area contributed by atoms with E-state index in [2.05, 4.69) is 26.6 Å². The van der Waals surface area contributed by atoms with Gasteiger partial charge in [0.2, 0.25) is 0 Å². The van der Waals surface area contributed by atoms with E-state index in [1.165, 1.54) is 10.9 Å². The van der Waals surface area contributed by atoms with Gasteiger partial charge in [0, 0.05) is 30.6 Å². The Morgan fingerprint density at radius 3 is 2.67 bits per heavy atom. The number of benzene rings is 1. The topological polar surface area (TPSA) is 39.7 Å². The average molecular weight is 352 g/mol. The second-order valence-electron chi connectivity index (χ2n) is 5.54. The van der Waals surface area contributed by atoms with E-state index >= 15 is 0 Å². The molecule has 1 unspecified atom stereocenters. The lowest BCUT2D eigenvalue weighted by Gasteiger charge is -2.24. The van der Waals surface area contributed by atoms with Crippen LogP contribution in [0.3, 0.4) is 0 Å². The van der Waals surface area contributed by atoms with Gasteiger partial charge < -0.3 is 15.5 Å². The Bertz CT molecular complexity index is 671. The van der Waals surface area contributed by atoms with E-state index in [0.717, 1.165) is 12.1 Å². The minimum absolute atomic E-state index is 0.162. The number of halogens is 2. The third kappa shape index (κ3) is 5.01. The van der Waals surface area contributed by atoms with Gasteiger partial charge in [-0.25, -0.2) is 8.78 Å². The Labute approximate surface area is 145 Å². The van der Waals surface area contributed by atoms with Crippen LogP contribution in [0.1, 0.15) is 16.5 Å². The van der Waals surface area contributed by atoms with E-state index in [1.807, 2.05) is 25.5 Å². The van der Waals surface area contributed by atoms with Crippen LogP contribution in [0.4, 0.5) is 8.78 Å². The zero-order chi connectivity index (χ0) is 17.5. The van der Waals surface area contributed by atoms with Crippen LogP contribution in [-0.4, -0.2) is 38.5 Å². The number of hydrogen-bond acceptors (Lipinski definition) is 3. The van der Waals surface area contributed by atoms with Crippen molar-refractivity contribution in [2.24, 2.45) is 4.99 Å². The van der Waals surface area contributed by atoms with Crippen LogP contribution < -0.4 is 10.6 Å². The first kappa shape index (κ1) is 18.4. The highest BCUT2D eigenvalue weighted by Gasteiger charge is 2.15. The molecule has 130 valence electrons. The van der Waals surface area contributed by atoms with Crippen LogP contribution in [0.2, 0.25) is 0 Å². The summed E-state index contributed by atoms with van der Waals surface area (Å²) in [6, 6.07) is 7.74. The standard InChI is InChI=1S/C17H22F2N4S/c1-20-17(21-10-12-9-13(18)6-7-14(12)19)22-11-15(23(2)3)16-5-4-8-24-16/h4-9,15H,10-11H2,1-3H3,(H2,20,21,22). The Hall–Kier alpha value is -1.99. The number of nitrogens with one attached hydrogen (secondary N) is 2. The largest absolute Gasteiger partial charge is 0.354 e. The third-order valence-corrected chi connectivity index (χ3v) is 4.61. The van der Waals surface area contributed by atoms with Crippen molar-refractivity contribution in [2.75, 3.05) is 27.7 Å². The molecule has 2 rings (SSSR count). The minimum Gasteiger partial charge on any atom is -0.354 e. The van der Waals surface area contributed by atoms with Crippen LogP contribution in [0, 0.1) is 11.6 Å². The lowest BCUT2D eigenvalue weighted by Crippen LogP contribution is -2.41. The van der Waals surface area contributed by atoms with Gasteiger partial charge in [0.25, 0.3) is 0 Å². The van der Waals surface area contributed by atoms with Gasteiger partial charge in [0.05, 0.1) is 6.04 Å². The number of thiophene rings is 1. The van der Waals surface area contributed by atoms with Crippen LogP contribution in [0.15, 0.2) is 40.7 Å². The van der Waals surface area contributed by atoms with Gasteiger partial charge >= 0.3 is 0 Å². The molecule has 2 aromatic rings. The summed E-state index contributed by atoms with van der Waals surface area (Å²) in [4.78, 5) is 7.50. The van der Waals surface area contributed by atoms with Gasteiger partial charge in [0.1, 0.15) is 11.6 Å². The Morgan fingerprint density at radius 1 is 1.25 bits per heavy atom. The molecule has 4 nitrogen and oxygen atoms in total. The number of guanidine groups is 1. The molecule has 0 amide bonds. The first-order valence-electron chi connectivity index (χ1n) is 7.59. The van der Waals surface area contributed by atoms with Crippen molar-refractivity contribution in [3.05, 3.63) is 57.8 Å². The predicted octanol–water partition coefficient (Wildman–Crippen LogP) is 2.99. The molecule has 2 N–H and O–H groups in total. The van der Waals surface area contributed by atoms with E-state index in [4.69, 9.17) is 0 Å². The van der Waals surface area contributed by atoms with E-state index < -0.39 is 11.6 Å². The molecule has 24 heavy (non-hydrogen) atoms. The Kier molecular flexibility index (Phi) is 6.69. The van der Waals surface area contributed by atoms with Crippen LogP contribution >= 0.6 is 11.3 Å². The smallest absolute Gasteiger partial charge is 0.191 e. The van der Waals surface area contributed by atoms with Crippen LogP contribution in [0.5, 0.6) is 0 Å². The number of likely N-dealkylation sites (N-methyl/N-ethyl adjacent to an activating group) is 1. The number of aliphatic imine (C=N–C) groups is 1. The molecule has 0 radical (unpaired) electrons. The zero-order valence-electron chi connectivity index (χ0n) is 14.0. The molecule has 1 atom stereocenters. The molecule has 0 saturated carbocycles. The number of rotatable bonds is 6. The molecule has 0 fully saturated rings. The summed E-state index contributed by atoms with van der Waals surface area (Å²) in [6.07, 6.45) is 0. The van der Waals surface area contributed by atoms with Crippen molar-refractivity contribution in [2.45, 2.75) is 12.6 Å². The van der Waals surface area contributed by atoms with Gasteiger partial charge in [-0.2, -0.15) is 0 Å². The molecular weight excluding hydrogens is 330 g/mol. The summed E-state index contributed by atoms with van der Waals surface area (Å²) in [7, 11) is 5.68. The normalized spacial score (nSPS) is 13.2. The van der Waals surface area contributed by atoms with Crippen molar-refractivity contribution >= 4 is 17.3 Å². The van der Waals surface area contributed by atoms with Crippen LogP contribution in [-0.2, 0) is 6.54 Å². The fraction of sp³-hybridized carbons (Fsp3) is 0.353. The van der Waals surface area contributed by atoms with Gasteiger partial charge in [0.15, 0.2) is 5.96 Å². The Morgan fingerprint density at radius 2 is 2.04 bits per heavy atom. The first-order valence-corrected chi connectivity index (χ1v) is 8.47. The SMILES string of the molecule is CN=C(NCc1cc(F)ccc1F)NCC(c1cccs1)N(C)C. The van der Waals surface area contributed by atoms with E-state index in [9.17, 15) is 8.78 Å². The van der Waals surface area contributed by atoms with E-state index in [0.29, 0.717) is 12.5 Å². The summed E-state index contributed by atoms with van der Waals surface area (Å²) in [5.41, 5.74) is 0.264. The maximum Gasteiger partial charge on any atom is 0.191 e. The maximum atomic E-state index is 13.7. The van der Waals surface area contributed by atoms with Crippen molar-refractivity contribution in [1.82, 2.24) is 15.5 Å². The lowest BCUT2D eigenvalue weighted by atomic mass is 10.2. The highest BCUT2D eigenvalue weighted by atomic mass is 32.1. The van der Waals surface area contributed by atoms with E-state index in [-0.39, 0.29) is 18.2 Å². The molecule has 1 heterocycles. The number of hydrogen-bond donors (Lipinski definition) is 2. The minimum atomic E-state index is -0.457. The molecule has 1 aromatic carbocycles. The quantitative estimate of drug-likeness (QED) is 0.620. The molecule has 1 aromatic heterocycles. The maximum absolute atomic E-state index is 13.7. The second kappa shape index (κ2) is 8.75. The van der Waals surface area contributed by atoms with Crippen molar-refractivity contribution in [1.29, 1.82) is 0 Å². The van der Waals surface area contributed by atoms with Gasteiger partial charge in [-0.05, 0) is 43.7 Å². The van der Waals surface area contributed by atoms with Crippen molar-refractivity contribution in [3.63, 3.8) is 0 Å². The highest BCUT2D eigenvalue weighted by molar-refractivity contribution is 7.10. The van der Waals surface area contributed by atoms with Gasteiger partial charge in [-0.1, -0.05) is 6.07 Å². The average Bonchev–Trinajstić information content (AvgIpc) is 3.07. The molecule has 7 heteroatoms. The molecule has 0 aliphatic rings. The third-order valence-electron chi connectivity index (χ3n) is 3.64. The van der Waals surface area contributed by atoms with Crippen molar-refractivity contribution in [3.8, 4) is 0 Å². The second-order valence-corrected chi connectivity index (χ2v) is 6.52. The zero-order valence-corrected chi connectivity index (χ0v) is 14.8. The molecule has 0 bridgehead atoms. The first-order chi connectivity index (χ1) is 11.5. The van der Waals surface area contributed by atoms with Crippen LogP contribution in [0.25, 0.3) is 0 Å². The summed E-state index contributed by atoms with van der Waals surface area (Å²) in [5, 5.41) is 8.29. The van der Waals surface area contributed by atoms with E-state index in [1.54, 1.807) is 18.4 Å². The monoisotopic (exact) mass is 352 g/mol. The molecule has 0 aliphatic carbocycles. The molecule has 0 spiro atoms. The fourth-order valence-corrected chi connectivity index (χ4v) is 3.21. The molecular formula is C17H22F2N4S. The fourth-order valence-electron chi connectivity index (χ4n) is 2.29. The highest BCUT2D eigenvalue weighted by Crippen LogP contribution is 2.22. The Balaban J connectivity index is 1.93. The predicted molar refractivity (Wildman–Crippen MR) is 95.3 cm³/mol. The van der Waals surface area contributed by atoms with Crippen molar-refractivity contribution < 1.29 is 8.78 Å².